The molecule has 112 valence electrons. The van der Waals surface area contributed by atoms with E-state index in [1.165, 1.54) is 30.4 Å². The van der Waals surface area contributed by atoms with Crippen molar-refractivity contribution in [3.05, 3.63) is 46.7 Å². The van der Waals surface area contributed by atoms with Crippen LogP contribution < -0.4 is 10.2 Å². The SMILES string of the molecule is CCN(C(C)=O)c1nc(CNCc2ccc(F)cc2)cs1. The van der Waals surface area contributed by atoms with Crippen LogP contribution in [0.2, 0.25) is 0 Å². The minimum Gasteiger partial charge on any atom is -0.307 e. The molecule has 0 spiro atoms. The molecule has 2 aromatic rings. The van der Waals surface area contributed by atoms with Crippen LogP contribution in [0.3, 0.4) is 0 Å². The molecule has 0 atom stereocenters. The number of hydrogen-bond donors (Lipinski definition) is 1. The Kier molecular flexibility index (Phi) is 5.41. The van der Waals surface area contributed by atoms with Crippen LogP contribution >= 0.6 is 11.3 Å². The minimum atomic E-state index is -0.230. The molecule has 0 saturated heterocycles. The predicted molar refractivity (Wildman–Crippen MR) is 82.8 cm³/mol. The van der Waals surface area contributed by atoms with Gasteiger partial charge in [0.1, 0.15) is 5.82 Å². The van der Waals surface area contributed by atoms with E-state index >= 15 is 0 Å². The van der Waals surface area contributed by atoms with Gasteiger partial charge in [-0.15, -0.1) is 11.3 Å². The van der Waals surface area contributed by atoms with Crippen LogP contribution in [0, 0.1) is 5.82 Å². The van der Waals surface area contributed by atoms with Gasteiger partial charge in [-0.3, -0.25) is 9.69 Å². The van der Waals surface area contributed by atoms with Crippen LogP contribution in [0.4, 0.5) is 9.52 Å². The van der Waals surface area contributed by atoms with Gasteiger partial charge in [-0.1, -0.05) is 12.1 Å². The zero-order chi connectivity index (χ0) is 15.2. The van der Waals surface area contributed by atoms with Crippen molar-refractivity contribution >= 4 is 22.4 Å². The summed E-state index contributed by atoms with van der Waals surface area (Å²) in [6, 6.07) is 6.40. The van der Waals surface area contributed by atoms with Crippen molar-refractivity contribution < 1.29 is 9.18 Å². The van der Waals surface area contributed by atoms with Gasteiger partial charge < -0.3 is 5.32 Å². The van der Waals surface area contributed by atoms with Crippen molar-refractivity contribution in [3.63, 3.8) is 0 Å². The van der Waals surface area contributed by atoms with E-state index in [0.29, 0.717) is 19.6 Å². The van der Waals surface area contributed by atoms with Gasteiger partial charge >= 0.3 is 0 Å². The fourth-order valence-electron chi connectivity index (χ4n) is 1.93. The summed E-state index contributed by atoms with van der Waals surface area (Å²) in [4.78, 5) is 17.6. The van der Waals surface area contributed by atoms with Gasteiger partial charge in [-0.25, -0.2) is 9.37 Å². The Labute approximate surface area is 127 Å². The van der Waals surface area contributed by atoms with Crippen molar-refractivity contribution in [2.24, 2.45) is 0 Å². The quantitative estimate of drug-likeness (QED) is 0.892. The van der Waals surface area contributed by atoms with Crippen molar-refractivity contribution in [2.75, 3.05) is 11.4 Å². The van der Waals surface area contributed by atoms with E-state index in [2.05, 4.69) is 10.3 Å². The maximum Gasteiger partial charge on any atom is 0.225 e. The zero-order valence-electron chi connectivity index (χ0n) is 12.1. The average Bonchev–Trinajstić information content (AvgIpc) is 2.90. The van der Waals surface area contributed by atoms with Crippen molar-refractivity contribution in [2.45, 2.75) is 26.9 Å². The Hall–Kier alpha value is -1.79. The molecule has 2 rings (SSSR count). The predicted octanol–water partition coefficient (Wildman–Crippen LogP) is 2.94. The molecule has 0 aliphatic heterocycles. The van der Waals surface area contributed by atoms with Crippen LogP contribution in [0.5, 0.6) is 0 Å². The zero-order valence-corrected chi connectivity index (χ0v) is 12.9. The third-order valence-corrected chi connectivity index (χ3v) is 3.93. The van der Waals surface area contributed by atoms with E-state index in [0.717, 1.165) is 16.4 Å². The molecule has 0 fully saturated rings. The number of rotatable bonds is 6. The number of carbonyl (C=O) groups is 1. The third-order valence-electron chi connectivity index (χ3n) is 3.02. The maximum absolute atomic E-state index is 12.8. The number of nitrogens with zero attached hydrogens (tertiary/aromatic N) is 2. The van der Waals surface area contributed by atoms with Gasteiger partial charge in [0.15, 0.2) is 5.13 Å². The largest absolute Gasteiger partial charge is 0.307 e. The van der Waals surface area contributed by atoms with Crippen LogP contribution in [0.15, 0.2) is 29.6 Å². The molecule has 1 aromatic heterocycles. The first kappa shape index (κ1) is 15.6. The molecule has 21 heavy (non-hydrogen) atoms. The van der Waals surface area contributed by atoms with Gasteiger partial charge in [-0.05, 0) is 24.6 Å². The smallest absolute Gasteiger partial charge is 0.225 e. The van der Waals surface area contributed by atoms with Gasteiger partial charge in [0.25, 0.3) is 0 Å². The van der Waals surface area contributed by atoms with E-state index in [4.69, 9.17) is 0 Å². The number of anilines is 1. The number of hydrogen-bond acceptors (Lipinski definition) is 4. The summed E-state index contributed by atoms with van der Waals surface area (Å²) in [5, 5.41) is 5.92. The van der Waals surface area contributed by atoms with Crippen LogP contribution in [0.25, 0.3) is 0 Å². The Bertz CT molecular complexity index is 597. The summed E-state index contributed by atoms with van der Waals surface area (Å²) in [5.74, 6) is -0.232. The summed E-state index contributed by atoms with van der Waals surface area (Å²) in [6.07, 6.45) is 0. The molecule has 0 unspecified atom stereocenters. The molecule has 1 N–H and O–H groups in total. The average molecular weight is 307 g/mol. The maximum atomic E-state index is 12.8. The normalized spacial score (nSPS) is 10.6. The molecular formula is C15H18FN3OS. The Morgan fingerprint density at radius 2 is 2.05 bits per heavy atom. The highest BCUT2D eigenvalue weighted by molar-refractivity contribution is 7.14. The summed E-state index contributed by atoms with van der Waals surface area (Å²) in [6.45, 7) is 5.35. The van der Waals surface area contributed by atoms with Gasteiger partial charge in [0.05, 0.1) is 5.69 Å². The number of nitrogens with one attached hydrogen (secondary N) is 1. The first-order valence-electron chi connectivity index (χ1n) is 6.77. The molecule has 1 aromatic carbocycles. The molecular weight excluding hydrogens is 289 g/mol. The Balaban J connectivity index is 1.88. The molecule has 0 aliphatic rings. The number of benzene rings is 1. The lowest BCUT2D eigenvalue weighted by Crippen LogP contribution is -2.27. The van der Waals surface area contributed by atoms with Crippen LogP contribution in [-0.2, 0) is 17.9 Å². The number of halogens is 1. The van der Waals surface area contributed by atoms with E-state index < -0.39 is 0 Å². The first-order valence-corrected chi connectivity index (χ1v) is 7.65. The fourth-order valence-corrected chi connectivity index (χ4v) is 2.86. The van der Waals surface area contributed by atoms with Gasteiger partial charge in [0, 0.05) is 31.9 Å². The van der Waals surface area contributed by atoms with E-state index in [-0.39, 0.29) is 11.7 Å². The lowest BCUT2D eigenvalue weighted by atomic mass is 10.2. The molecule has 0 saturated carbocycles. The van der Waals surface area contributed by atoms with Crippen molar-refractivity contribution in [1.82, 2.24) is 10.3 Å². The van der Waals surface area contributed by atoms with E-state index in [1.54, 1.807) is 17.0 Å². The molecule has 0 bridgehead atoms. The second-order valence-electron chi connectivity index (χ2n) is 4.61. The highest BCUT2D eigenvalue weighted by Crippen LogP contribution is 2.20. The number of aromatic nitrogens is 1. The monoisotopic (exact) mass is 307 g/mol. The molecule has 1 heterocycles. The number of carbonyl (C=O) groups excluding carboxylic acids is 1. The molecule has 0 aliphatic carbocycles. The lowest BCUT2D eigenvalue weighted by molar-refractivity contribution is -0.116. The van der Waals surface area contributed by atoms with Crippen LogP contribution in [-0.4, -0.2) is 17.4 Å². The third kappa shape index (κ3) is 4.34. The second kappa shape index (κ2) is 7.28. The second-order valence-corrected chi connectivity index (χ2v) is 5.45. The standard InChI is InChI=1S/C15H18FN3OS/c1-3-19(11(2)20)15-18-14(10-21-15)9-17-8-12-4-6-13(16)7-5-12/h4-7,10,17H,3,8-9H2,1-2H3. The van der Waals surface area contributed by atoms with Crippen LogP contribution in [0.1, 0.15) is 25.1 Å². The van der Waals surface area contributed by atoms with Crippen molar-refractivity contribution in [3.8, 4) is 0 Å². The topological polar surface area (TPSA) is 45.2 Å². The summed E-state index contributed by atoms with van der Waals surface area (Å²) in [7, 11) is 0. The molecule has 4 nitrogen and oxygen atoms in total. The highest BCUT2D eigenvalue weighted by atomic mass is 32.1. The highest BCUT2D eigenvalue weighted by Gasteiger charge is 2.13. The number of amides is 1. The summed E-state index contributed by atoms with van der Waals surface area (Å²) >= 11 is 1.46. The van der Waals surface area contributed by atoms with E-state index in [9.17, 15) is 9.18 Å². The Morgan fingerprint density at radius 1 is 1.33 bits per heavy atom. The summed E-state index contributed by atoms with van der Waals surface area (Å²) < 4.78 is 12.8. The molecule has 1 amide bonds. The minimum absolute atomic E-state index is 0.00216. The first-order chi connectivity index (χ1) is 10.1. The van der Waals surface area contributed by atoms with Gasteiger partial charge in [0.2, 0.25) is 5.91 Å². The Morgan fingerprint density at radius 3 is 2.67 bits per heavy atom. The number of thiazole rings is 1. The lowest BCUT2D eigenvalue weighted by Gasteiger charge is -2.14. The molecule has 0 radical (unpaired) electrons. The van der Waals surface area contributed by atoms with E-state index in [1.807, 2.05) is 12.3 Å². The molecule has 6 heteroatoms. The van der Waals surface area contributed by atoms with Gasteiger partial charge in [-0.2, -0.15) is 0 Å². The summed E-state index contributed by atoms with van der Waals surface area (Å²) in [5.41, 5.74) is 1.92. The fraction of sp³-hybridized carbons (Fsp3) is 0.333. The van der Waals surface area contributed by atoms with Crippen molar-refractivity contribution in [1.29, 1.82) is 0 Å².